The van der Waals surface area contributed by atoms with Crippen molar-refractivity contribution in [3.63, 3.8) is 0 Å². The molecular weight excluding hydrogens is 286 g/mol. The van der Waals surface area contributed by atoms with Crippen LogP contribution in [0.4, 0.5) is 0 Å². The molecule has 3 heteroatoms. The quantitative estimate of drug-likeness (QED) is 0.594. The van der Waals surface area contributed by atoms with E-state index in [1.165, 1.54) is 0 Å². The Hall–Kier alpha value is -2.39. The minimum Gasteiger partial charge on any atom is -0.457 e. The van der Waals surface area contributed by atoms with Crippen molar-refractivity contribution in [1.29, 1.82) is 0 Å². The van der Waals surface area contributed by atoms with E-state index in [-0.39, 0.29) is 24.7 Å². The van der Waals surface area contributed by atoms with Crippen molar-refractivity contribution in [2.75, 3.05) is 6.54 Å². The monoisotopic (exact) mass is 309 g/mol. The van der Waals surface area contributed by atoms with Gasteiger partial charge in [0.15, 0.2) is 0 Å². The molecule has 0 spiro atoms. The van der Waals surface area contributed by atoms with Crippen molar-refractivity contribution >= 4 is 5.97 Å². The number of rotatable bonds is 8. The molecule has 0 aliphatic heterocycles. The van der Waals surface area contributed by atoms with Gasteiger partial charge in [-0.2, -0.15) is 0 Å². The van der Waals surface area contributed by atoms with E-state index in [0.717, 1.165) is 17.5 Å². The first kappa shape index (κ1) is 17.0. The van der Waals surface area contributed by atoms with Crippen LogP contribution < -0.4 is 5.32 Å². The SMILES string of the molecule is C=CC(CC)OC(=O)CNC(c1ccccc1)c1ccccc1. The van der Waals surface area contributed by atoms with E-state index in [1.807, 2.05) is 43.3 Å². The first-order chi connectivity index (χ1) is 11.2. The van der Waals surface area contributed by atoms with Crippen molar-refractivity contribution in [2.45, 2.75) is 25.5 Å². The van der Waals surface area contributed by atoms with Crippen LogP contribution in [-0.2, 0) is 9.53 Å². The molecule has 2 rings (SSSR count). The molecule has 1 unspecified atom stereocenters. The number of benzene rings is 2. The molecule has 0 amide bonds. The summed E-state index contributed by atoms with van der Waals surface area (Å²) in [5, 5.41) is 3.30. The lowest BCUT2D eigenvalue weighted by Gasteiger charge is -2.20. The summed E-state index contributed by atoms with van der Waals surface area (Å²) in [7, 11) is 0. The summed E-state index contributed by atoms with van der Waals surface area (Å²) in [6, 6.07) is 20.1. The van der Waals surface area contributed by atoms with Gasteiger partial charge in [0.05, 0.1) is 12.6 Å². The van der Waals surface area contributed by atoms with Crippen LogP contribution >= 0.6 is 0 Å². The van der Waals surface area contributed by atoms with Crippen LogP contribution in [0, 0.1) is 0 Å². The second kappa shape index (κ2) is 8.91. The fraction of sp³-hybridized carbons (Fsp3) is 0.250. The van der Waals surface area contributed by atoms with Gasteiger partial charge in [-0.3, -0.25) is 10.1 Å². The zero-order chi connectivity index (χ0) is 16.5. The molecule has 0 bridgehead atoms. The number of hydrogen-bond acceptors (Lipinski definition) is 3. The summed E-state index contributed by atoms with van der Waals surface area (Å²) in [5.41, 5.74) is 2.23. The third-order valence-corrected chi connectivity index (χ3v) is 3.66. The number of nitrogens with one attached hydrogen (secondary N) is 1. The van der Waals surface area contributed by atoms with E-state index in [9.17, 15) is 4.79 Å². The summed E-state index contributed by atoms with van der Waals surface area (Å²) >= 11 is 0. The molecule has 120 valence electrons. The largest absolute Gasteiger partial charge is 0.457 e. The van der Waals surface area contributed by atoms with Crippen LogP contribution in [0.25, 0.3) is 0 Å². The Kier molecular flexibility index (Phi) is 6.57. The van der Waals surface area contributed by atoms with Gasteiger partial charge in [0, 0.05) is 0 Å². The Morgan fingerprint density at radius 3 is 2.04 bits per heavy atom. The third kappa shape index (κ3) is 5.08. The van der Waals surface area contributed by atoms with Gasteiger partial charge in [0.2, 0.25) is 0 Å². The molecule has 0 heterocycles. The van der Waals surface area contributed by atoms with Crippen LogP contribution in [-0.4, -0.2) is 18.6 Å². The number of carbonyl (C=O) groups is 1. The minimum atomic E-state index is -0.270. The molecule has 2 aromatic carbocycles. The van der Waals surface area contributed by atoms with Gasteiger partial charge in [-0.1, -0.05) is 80.2 Å². The van der Waals surface area contributed by atoms with Gasteiger partial charge < -0.3 is 4.74 Å². The highest BCUT2D eigenvalue weighted by Crippen LogP contribution is 2.21. The van der Waals surface area contributed by atoms with Gasteiger partial charge >= 0.3 is 5.97 Å². The smallest absolute Gasteiger partial charge is 0.320 e. The molecule has 1 atom stereocenters. The van der Waals surface area contributed by atoms with Crippen LogP contribution in [0.1, 0.15) is 30.5 Å². The molecule has 23 heavy (non-hydrogen) atoms. The molecule has 0 aromatic heterocycles. The van der Waals surface area contributed by atoms with Crippen molar-refractivity contribution in [2.24, 2.45) is 0 Å². The van der Waals surface area contributed by atoms with Gasteiger partial charge in [-0.05, 0) is 17.5 Å². The highest BCUT2D eigenvalue weighted by molar-refractivity contribution is 5.72. The average molecular weight is 309 g/mol. The maximum absolute atomic E-state index is 12.0. The molecule has 0 aliphatic carbocycles. The molecular formula is C20H23NO2. The Balaban J connectivity index is 2.07. The molecule has 0 saturated carbocycles. The maximum Gasteiger partial charge on any atom is 0.320 e. The highest BCUT2D eigenvalue weighted by atomic mass is 16.5. The second-order valence-corrected chi connectivity index (χ2v) is 5.31. The molecule has 1 N–H and O–H groups in total. The normalized spacial score (nSPS) is 11.9. The average Bonchev–Trinajstić information content (AvgIpc) is 2.61. The lowest BCUT2D eigenvalue weighted by Crippen LogP contribution is -2.31. The predicted molar refractivity (Wildman–Crippen MR) is 93.1 cm³/mol. The number of hydrogen-bond donors (Lipinski definition) is 1. The van der Waals surface area contributed by atoms with Gasteiger partial charge in [-0.25, -0.2) is 0 Å². The van der Waals surface area contributed by atoms with Crippen LogP contribution in [0.2, 0.25) is 0 Å². The Bertz CT molecular complexity index is 571. The molecule has 0 fully saturated rings. The lowest BCUT2D eigenvalue weighted by molar-refractivity contribution is -0.145. The van der Waals surface area contributed by atoms with E-state index >= 15 is 0 Å². The molecule has 0 saturated heterocycles. The fourth-order valence-corrected chi connectivity index (χ4v) is 2.41. The molecule has 0 radical (unpaired) electrons. The van der Waals surface area contributed by atoms with E-state index in [0.29, 0.717) is 0 Å². The third-order valence-electron chi connectivity index (χ3n) is 3.66. The van der Waals surface area contributed by atoms with Gasteiger partial charge in [0.1, 0.15) is 6.10 Å². The first-order valence-electron chi connectivity index (χ1n) is 7.90. The van der Waals surface area contributed by atoms with E-state index in [1.54, 1.807) is 6.08 Å². The lowest BCUT2D eigenvalue weighted by atomic mass is 9.99. The summed E-state index contributed by atoms with van der Waals surface area (Å²) in [4.78, 5) is 12.0. The van der Waals surface area contributed by atoms with Crippen LogP contribution in [0.3, 0.4) is 0 Å². The number of ether oxygens (including phenoxy) is 1. The van der Waals surface area contributed by atoms with Crippen molar-refractivity contribution in [1.82, 2.24) is 5.32 Å². The minimum absolute atomic E-state index is 0.0474. The van der Waals surface area contributed by atoms with Crippen molar-refractivity contribution in [3.05, 3.63) is 84.4 Å². The Morgan fingerprint density at radius 1 is 1.09 bits per heavy atom. The number of carbonyl (C=O) groups excluding carboxylic acids is 1. The summed E-state index contributed by atoms with van der Waals surface area (Å²) < 4.78 is 5.35. The van der Waals surface area contributed by atoms with E-state index in [4.69, 9.17) is 4.74 Å². The first-order valence-corrected chi connectivity index (χ1v) is 7.90. The highest BCUT2D eigenvalue weighted by Gasteiger charge is 2.16. The second-order valence-electron chi connectivity index (χ2n) is 5.31. The predicted octanol–water partition coefficient (Wildman–Crippen LogP) is 3.87. The standard InChI is InChI=1S/C20H23NO2/c1-3-18(4-2)23-19(22)15-21-20(16-11-7-5-8-12-16)17-13-9-6-10-14-17/h3,5-14,18,20-21H,1,4,15H2,2H3. The van der Waals surface area contributed by atoms with Gasteiger partial charge in [-0.15, -0.1) is 0 Å². The summed E-state index contributed by atoms with van der Waals surface area (Å²) in [6.07, 6.45) is 2.16. The number of esters is 1. The summed E-state index contributed by atoms with van der Waals surface area (Å²) in [6.45, 7) is 5.79. The van der Waals surface area contributed by atoms with Crippen LogP contribution in [0.15, 0.2) is 73.3 Å². The van der Waals surface area contributed by atoms with Crippen LogP contribution in [0.5, 0.6) is 0 Å². The Morgan fingerprint density at radius 2 is 1.61 bits per heavy atom. The topological polar surface area (TPSA) is 38.3 Å². The zero-order valence-corrected chi connectivity index (χ0v) is 13.4. The zero-order valence-electron chi connectivity index (χ0n) is 13.4. The maximum atomic E-state index is 12.0. The Labute approximate surface area is 138 Å². The van der Waals surface area contributed by atoms with E-state index < -0.39 is 0 Å². The van der Waals surface area contributed by atoms with E-state index in [2.05, 4.69) is 36.2 Å². The van der Waals surface area contributed by atoms with Gasteiger partial charge in [0.25, 0.3) is 0 Å². The summed E-state index contributed by atoms with van der Waals surface area (Å²) in [5.74, 6) is -0.270. The van der Waals surface area contributed by atoms with Crippen molar-refractivity contribution in [3.8, 4) is 0 Å². The molecule has 3 nitrogen and oxygen atoms in total. The molecule has 2 aromatic rings. The fourth-order valence-electron chi connectivity index (χ4n) is 2.41. The molecule has 0 aliphatic rings. The van der Waals surface area contributed by atoms with Crippen molar-refractivity contribution < 1.29 is 9.53 Å².